The van der Waals surface area contributed by atoms with Crippen LogP contribution in [-0.4, -0.2) is 48.2 Å². The van der Waals surface area contributed by atoms with Crippen molar-refractivity contribution >= 4 is 23.5 Å². The molecule has 25 heavy (non-hydrogen) atoms. The van der Waals surface area contributed by atoms with Crippen LogP contribution in [-0.2, 0) is 14.3 Å². The lowest BCUT2D eigenvalue weighted by Crippen LogP contribution is -2.45. The lowest BCUT2D eigenvalue weighted by Gasteiger charge is -2.33. The number of amides is 1. The monoisotopic (exact) mass is 367 g/mol. The largest absolute Gasteiger partial charge is 0.481 e. The van der Waals surface area contributed by atoms with Crippen LogP contribution in [0.5, 0.6) is 0 Å². The molecule has 1 N–H and O–H groups in total. The van der Waals surface area contributed by atoms with E-state index in [1.807, 2.05) is 0 Å². The third-order valence-electron chi connectivity index (χ3n) is 5.92. The van der Waals surface area contributed by atoms with Crippen molar-refractivity contribution in [2.45, 2.75) is 18.8 Å². The lowest BCUT2D eigenvalue weighted by molar-refractivity contribution is -0.157. The Labute approximate surface area is 149 Å². The van der Waals surface area contributed by atoms with E-state index in [1.54, 1.807) is 17.0 Å². The van der Waals surface area contributed by atoms with Crippen LogP contribution in [0.15, 0.2) is 18.2 Å². The van der Waals surface area contributed by atoms with E-state index in [0.717, 1.165) is 0 Å². The fraction of sp³-hybridized carbons (Fsp3) is 0.556. The van der Waals surface area contributed by atoms with Gasteiger partial charge in [0.15, 0.2) is 0 Å². The third kappa shape index (κ3) is 2.62. The minimum atomic E-state index is -0.909. The molecule has 5 nitrogen and oxygen atoms in total. The zero-order chi connectivity index (χ0) is 17.8. The number of hydrogen-bond acceptors (Lipinski definition) is 3. The first-order valence-corrected chi connectivity index (χ1v) is 8.85. The Morgan fingerprint density at radius 1 is 1.40 bits per heavy atom. The zero-order valence-corrected chi connectivity index (χ0v) is 14.3. The first-order valence-electron chi connectivity index (χ1n) is 8.48. The van der Waals surface area contributed by atoms with Crippen molar-refractivity contribution in [1.82, 2.24) is 4.90 Å². The number of fused-ring (bicyclic) bond motifs is 1. The minimum absolute atomic E-state index is 0.0978. The van der Waals surface area contributed by atoms with Gasteiger partial charge in [-0.25, -0.2) is 4.39 Å². The van der Waals surface area contributed by atoms with Gasteiger partial charge in [-0.2, -0.15) is 0 Å². The molecule has 0 spiro atoms. The van der Waals surface area contributed by atoms with Crippen molar-refractivity contribution in [1.29, 1.82) is 0 Å². The van der Waals surface area contributed by atoms with Gasteiger partial charge in [-0.1, -0.05) is 17.7 Å². The highest BCUT2D eigenvalue weighted by Crippen LogP contribution is 2.53. The van der Waals surface area contributed by atoms with Crippen LogP contribution < -0.4 is 0 Å². The number of hydrogen-bond donors (Lipinski definition) is 1. The van der Waals surface area contributed by atoms with Crippen LogP contribution >= 0.6 is 11.6 Å². The molecule has 1 aromatic rings. The van der Waals surface area contributed by atoms with Crippen molar-refractivity contribution in [3.8, 4) is 0 Å². The van der Waals surface area contributed by atoms with Gasteiger partial charge < -0.3 is 14.7 Å². The first-order chi connectivity index (χ1) is 11.9. The van der Waals surface area contributed by atoms with E-state index in [9.17, 15) is 19.1 Å². The van der Waals surface area contributed by atoms with Crippen molar-refractivity contribution in [3.63, 3.8) is 0 Å². The van der Waals surface area contributed by atoms with Crippen molar-refractivity contribution in [2.75, 3.05) is 26.3 Å². The summed E-state index contributed by atoms with van der Waals surface area (Å²) in [4.78, 5) is 26.3. The van der Waals surface area contributed by atoms with E-state index in [-0.39, 0.29) is 30.2 Å². The number of carboxylic acids is 1. The van der Waals surface area contributed by atoms with Crippen LogP contribution in [0.2, 0.25) is 5.02 Å². The Bertz CT molecular complexity index is 722. The van der Waals surface area contributed by atoms with Gasteiger partial charge in [-0.3, -0.25) is 9.59 Å². The summed E-state index contributed by atoms with van der Waals surface area (Å²) in [5.74, 6) is -2.07. The molecule has 3 aliphatic rings. The number of carbonyl (C=O) groups excluding carboxylic acids is 1. The predicted octanol–water partition coefficient (Wildman–Crippen LogP) is 2.53. The molecule has 1 amide bonds. The fourth-order valence-corrected chi connectivity index (χ4v) is 4.66. The van der Waals surface area contributed by atoms with Gasteiger partial charge in [0.2, 0.25) is 5.91 Å². The Kier molecular flexibility index (Phi) is 4.00. The zero-order valence-electron chi connectivity index (χ0n) is 13.6. The highest BCUT2D eigenvalue weighted by molar-refractivity contribution is 6.31. The van der Waals surface area contributed by atoms with Gasteiger partial charge >= 0.3 is 5.97 Å². The van der Waals surface area contributed by atoms with Crippen LogP contribution in [0.3, 0.4) is 0 Å². The maximum absolute atomic E-state index is 14.1. The number of likely N-dealkylation sites (tertiary alicyclic amines) is 1. The van der Waals surface area contributed by atoms with Crippen LogP contribution in [0.4, 0.5) is 4.39 Å². The molecule has 4 rings (SSSR count). The second kappa shape index (κ2) is 5.95. The molecule has 1 aromatic carbocycles. The fourth-order valence-electron chi connectivity index (χ4n) is 4.35. The quantitative estimate of drug-likeness (QED) is 0.891. The Hall–Kier alpha value is -1.66. The molecule has 2 aliphatic heterocycles. The van der Waals surface area contributed by atoms with Gasteiger partial charge in [0.05, 0.1) is 12.0 Å². The molecule has 134 valence electrons. The van der Waals surface area contributed by atoms with Gasteiger partial charge in [0.25, 0.3) is 0 Å². The second-order valence-electron chi connectivity index (χ2n) is 7.29. The molecule has 1 aliphatic carbocycles. The van der Waals surface area contributed by atoms with Crippen LogP contribution in [0.1, 0.15) is 24.3 Å². The van der Waals surface area contributed by atoms with Crippen LogP contribution in [0, 0.1) is 23.1 Å². The highest BCUT2D eigenvalue weighted by atomic mass is 35.5. The number of nitrogens with zero attached hydrogens (tertiary/aromatic N) is 1. The number of rotatable bonds is 3. The SMILES string of the molecule is O=C(C1CC1c1c(F)cccc1Cl)N1C[C@H]2COCC[C@@]2(C(=O)O)C1. The van der Waals surface area contributed by atoms with E-state index >= 15 is 0 Å². The summed E-state index contributed by atoms with van der Waals surface area (Å²) in [6.45, 7) is 1.37. The minimum Gasteiger partial charge on any atom is -0.481 e. The molecule has 3 fully saturated rings. The summed E-state index contributed by atoms with van der Waals surface area (Å²) in [5, 5.41) is 10.0. The summed E-state index contributed by atoms with van der Waals surface area (Å²) in [6.07, 6.45) is 0.973. The number of carbonyl (C=O) groups is 2. The molecule has 0 aromatic heterocycles. The summed E-state index contributed by atoms with van der Waals surface area (Å²) in [7, 11) is 0. The summed E-state index contributed by atoms with van der Waals surface area (Å²) < 4.78 is 19.5. The maximum Gasteiger partial charge on any atom is 0.311 e. The molecular weight excluding hydrogens is 349 g/mol. The second-order valence-corrected chi connectivity index (χ2v) is 7.69. The van der Waals surface area contributed by atoms with Crippen molar-refractivity contribution in [3.05, 3.63) is 34.6 Å². The van der Waals surface area contributed by atoms with E-state index in [4.69, 9.17) is 16.3 Å². The van der Waals surface area contributed by atoms with Gasteiger partial charge in [-0.15, -0.1) is 0 Å². The number of carboxylic acid groups (broad SMARTS) is 1. The van der Waals surface area contributed by atoms with E-state index in [2.05, 4.69) is 0 Å². The molecule has 0 radical (unpaired) electrons. The normalized spacial score (nSPS) is 33.8. The van der Waals surface area contributed by atoms with E-state index in [1.165, 1.54) is 6.07 Å². The molecule has 1 saturated carbocycles. The Morgan fingerprint density at radius 2 is 2.20 bits per heavy atom. The van der Waals surface area contributed by atoms with Gasteiger partial charge in [-0.05, 0) is 25.0 Å². The van der Waals surface area contributed by atoms with E-state index < -0.39 is 17.2 Å². The molecular formula is C18H19ClFNO4. The Balaban J connectivity index is 1.51. The maximum atomic E-state index is 14.1. The molecule has 7 heteroatoms. The third-order valence-corrected chi connectivity index (χ3v) is 6.25. The number of aliphatic carboxylic acids is 1. The number of ether oxygens (including phenoxy) is 1. The molecule has 4 atom stereocenters. The number of halogens is 2. The van der Waals surface area contributed by atoms with Crippen LogP contribution in [0.25, 0.3) is 0 Å². The average molecular weight is 368 g/mol. The molecule has 2 unspecified atom stereocenters. The standard InChI is InChI=1S/C18H19ClFNO4/c19-13-2-1-3-14(20)15(13)11-6-12(11)16(22)21-7-10-8-25-5-4-18(10,9-21)17(23)24/h1-3,10-12H,4-9H2,(H,23,24)/t10-,11?,12?,18+/m0/s1. The average Bonchev–Trinajstić information content (AvgIpc) is 3.24. The summed E-state index contributed by atoms with van der Waals surface area (Å²) >= 11 is 6.10. The lowest BCUT2D eigenvalue weighted by atomic mass is 9.74. The van der Waals surface area contributed by atoms with Crippen molar-refractivity contribution in [2.24, 2.45) is 17.3 Å². The Morgan fingerprint density at radius 3 is 2.88 bits per heavy atom. The first kappa shape index (κ1) is 16.8. The smallest absolute Gasteiger partial charge is 0.311 e. The topological polar surface area (TPSA) is 66.8 Å². The number of benzene rings is 1. The van der Waals surface area contributed by atoms with Gasteiger partial charge in [0.1, 0.15) is 5.82 Å². The molecule has 2 heterocycles. The predicted molar refractivity (Wildman–Crippen MR) is 87.8 cm³/mol. The van der Waals surface area contributed by atoms with E-state index in [0.29, 0.717) is 43.2 Å². The highest BCUT2D eigenvalue weighted by Gasteiger charge is 2.57. The van der Waals surface area contributed by atoms with Gasteiger partial charge in [0, 0.05) is 48.0 Å². The summed E-state index contributed by atoms with van der Waals surface area (Å²) in [6, 6.07) is 4.52. The molecule has 0 bridgehead atoms. The molecule has 2 saturated heterocycles. The summed E-state index contributed by atoms with van der Waals surface area (Å²) in [5.41, 5.74) is -0.510. The van der Waals surface area contributed by atoms with Crippen molar-refractivity contribution < 1.29 is 23.8 Å².